The average molecular weight is 327 g/mol. The van der Waals surface area contributed by atoms with E-state index in [1.807, 2.05) is 0 Å². The first-order valence-electron chi connectivity index (χ1n) is 8.56. The largest absolute Gasteiger partial charge is 0.347 e. The van der Waals surface area contributed by atoms with Crippen LogP contribution < -0.4 is 10.8 Å². The Morgan fingerprint density at radius 3 is 2.43 bits per heavy atom. The van der Waals surface area contributed by atoms with Gasteiger partial charge in [-0.05, 0) is 25.7 Å². The molecule has 0 aromatic carbocycles. The second-order valence-corrected chi connectivity index (χ2v) is 6.09. The maximum atomic E-state index is 12.2. The molecule has 1 heterocycles. The molecular weight excluding hydrogens is 298 g/mol. The molecule has 0 bridgehead atoms. The smallest absolute Gasteiger partial charge is 0.244 e. The van der Waals surface area contributed by atoms with Crippen molar-refractivity contribution in [3.8, 4) is 0 Å². The van der Waals surface area contributed by atoms with Crippen LogP contribution in [-0.4, -0.2) is 47.5 Å². The second kappa shape index (κ2) is 11.0. The van der Waals surface area contributed by atoms with Crippen molar-refractivity contribution in [2.45, 2.75) is 58.3 Å². The molecule has 3 N–H and O–H groups in total. The Hall–Kier alpha value is -1.63. The molecule has 0 aromatic rings. The summed E-state index contributed by atoms with van der Waals surface area (Å²) in [6, 6.07) is 0. The third-order valence-electron chi connectivity index (χ3n) is 4.21. The lowest BCUT2D eigenvalue weighted by molar-refractivity contribution is -0.137. The molecule has 0 aromatic heterocycles. The maximum Gasteiger partial charge on any atom is 0.244 e. The summed E-state index contributed by atoms with van der Waals surface area (Å²) in [7, 11) is 0. The highest BCUT2D eigenvalue weighted by Crippen LogP contribution is 2.14. The molecule has 0 aliphatic carbocycles. The predicted molar refractivity (Wildman–Crippen MR) is 85.6 cm³/mol. The SMILES string of the molecule is CCCCCC(CC(=O)NO)C(=O)NCC(=O)N1CCCCC1. The number of hydroxylamine groups is 1. The van der Waals surface area contributed by atoms with Crippen molar-refractivity contribution in [1.82, 2.24) is 15.7 Å². The van der Waals surface area contributed by atoms with Gasteiger partial charge < -0.3 is 10.2 Å². The molecule has 3 amide bonds. The summed E-state index contributed by atoms with van der Waals surface area (Å²) in [6.45, 7) is 3.54. The van der Waals surface area contributed by atoms with Crippen LogP contribution in [0.25, 0.3) is 0 Å². The fraction of sp³-hybridized carbons (Fsp3) is 0.812. The minimum absolute atomic E-state index is 0.0240. The van der Waals surface area contributed by atoms with E-state index in [1.165, 1.54) is 0 Å². The van der Waals surface area contributed by atoms with Gasteiger partial charge in [-0.1, -0.05) is 26.2 Å². The number of amides is 3. The summed E-state index contributed by atoms with van der Waals surface area (Å²) in [6.07, 6.45) is 6.52. The van der Waals surface area contributed by atoms with E-state index in [9.17, 15) is 14.4 Å². The number of unbranched alkanes of at least 4 members (excludes halogenated alkanes) is 2. The van der Waals surface area contributed by atoms with Crippen molar-refractivity contribution >= 4 is 17.7 Å². The van der Waals surface area contributed by atoms with Gasteiger partial charge in [-0.3, -0.25) is 19.6 Å². The average Bonchev–Trinajstić information content (AvgIpc) is 2.59. The zero-order chi connectivity index (χ0) is 17.1. The zero-order valence-electron chi connectivity index (χ0n) is 14.0. The van der Waals surface area contributed by atoms with Gasteiger partial charge >= 0.3 is 0 Å². The third kappa shape index (κ3) is 7.45. The van der Waals surface area contributed by atoms with Gasteiger partial charge in [0.25, 0.3) is 0 Å². The van der Waals surface area contributed by atoms with Crippen molar-refractivity contribution in [3.05, 3.63) is 0 Å². The molecule has 1 unspecified atom stereocenters. The molecule has 132 valence electrons. The first-order chi connectivity index (χ1) is 11.1. The van der Waals surface area contributed by atoms with Crippen LogP contribution in [0.15, 0.2) is 0 Å². The molecular formula is C16H29N3O4. The van der Waals surface area contributed by atoms with E-state index in [-0.39, 0.29) is 24.8 Å². The molecule has 1 aliphatic heterocycles. The maximum absolute atomic E-state index is 12.2. The highest BCUT2D eigenvalue weighted by molar-refractivity contribution is 5.88. The molecule has 1 rings (SSSR count). The van der Waals surface area contributed by atoms with Crippen LogP contribution >= 0.6 is 0 Å². The summed E-state index contributed by atoms with van der Waals surface area (Å²) in [5.74, 6) is -1.46. The number of nitrogens with one attached hydrogen (secondary N) is 2. The molecule has 1 aliphatic rings. The van der Waals surface area contributed by atoms with E-state index < -0.39 is 11.8 Å². The van der Waals surface area contributed by atoms with E-state index in [0.29, 0.717) is 6.42 Å². The molecule has 1 saturated heterocycles. The number of hydrogen-bond donors (Lipinski definition) is 3. The fourth-order valence-electron chi connectivity index (χ4n) is 2.80. The van der Waals surface area contributed by atoms with E-state index in [1.54, 1.807) is 10.4 Å². The summed E-state index contributed by atoms with van der Waals surface area (Å²) < 4.78 is 0. The minimum atomic E-state index is -0.580. The van der Waals surface area contributed by atoms with Crippen molar-refractivity contribution in [3.63, 3.8) is 0 Å². The molecule has 1 fully saturated rings. The van der Waals surface area contributed by atoms with Crippen molar-refractivity contribution < 1.29 is 19.6 Å². The standard InChI is InChI=1S/C16H29N3O4/c1-2-3-5-8-13(11-14(20)18-23)16(22)17-12-15(21)19-9-6-4-7-10-19/h13,23H,2-12H2,1H3,(H,17,22)(H,18,20). The lowest BCUT2D eigenvalue weighted by Crippen LogP contribution is -2.44. The van der Waals surface area contributed by atoms with Crippen LogP contribution in [0.3, 0.4) is 0 Å². The Morgan fingerprint density at radius 1 is 1.13 bits per heavy atom. The van der Waals surface area contributed by atoms with Crippen LogP contribution in [0.4, 0.5) is 0 Å². The Kier molecular flexibility index (Phi) is 9.28. The lowest BCUT2D eigenvalue weighted by Gasteiger charge is -2.27. The van der Waals surface area contributed by atoms with Crippen LogP contribution in [-0.2, 0) is 14.4 Å². The summed E-state index contributed by atoms with van der Waals surface area (Å²) in [5.41, 5.74) is 1.56. The van der Waals surface area contributed by atoms with Crippen LogP contribution in [0.5, 0.6) is 0 Å². The first kappa shape index (κ1) is 19.4. The molecule has 0 radical (unpaired) electrons. The summed E-state index contributed by atoms with van der Waals surface area (Å²) in [5, 5.41) is 11.3. The number of hydrogen-bond acceptors (Lipinski definition) is 4. The summed E-state index contributed by atoms with van der Waals surface area (Å²) >= 11 is 0. The van der Waals surface area contributed by atoms with Crippen molar-refractivity contribution in [1.29, 1.82) is 0 Å². The van der Waals surface area contributed by atoms with E-state index in [2.05, 4.69) is 12.2 Å². The predicted octanol–water partition coefficient (Wildman–Crippen LogP) is 1.21. The van der Waals surface area contributed by atoms with Gasteiger partial charge in [0.2, 0.25) is 17.7 Å². The van der Waals surface area contributed by atoms with Gasteiger partial charge in [0.15, 0.2) is 0 Å². The van der Waals surface area contributed by atoms with Crippen molar-refractivity contribution in [2.75, 3.05) is 19.6 Å². The van der Waals surface area contributed by atoms with Crippen LogP contribution in [0.2, 0.25) is 0 Å². The highest BCUT2D eigenvalue weighted by atomic mass is 16.5. The van der Waals surface area contributed by atoms with E-state index in [4.69, 9.17) is 5.21 Å². The fourth-order valence-corrected chi connectivity index (χ4v) is 2.80. The molecule has 1 atom stereocenters. The second-order valence-electron chi connectivity index (χ2n) is 6.09. The van der Waals surface area contributed by atoms with Gasteiger partial charge in [0, 0.05) is 25.4 Å². The summed E-state index contributed by atoms with van der Waals surface area (Å²) in [4.78, 5) is 37.4. The zero-order valence-corrected chi connectivity index (χ0v) is 14.0. The van der Waals surface area contributed by atoms with Crippen LogP contribution in [0.1, 0.15) is 58.3 Å². The first-order valence-corrected chi connectivity index (χ1v) is 8.56. The quantitative estimate of drug-likeness (QED) is 0.337. The van der Waals surface area contributed by atoms with E-state index >= 15 is 0 Å². The number of nitrogens with zero attached hydrogens (tertiary/aromatic N) is 1. The number of carbonyl (C=O) groups excluding carboxylic acids is 3. The normalized spacial score (nSPS) is 15.8. The van der Waals surface area contributed by atoms with Gasteiger partial charge in [0.1, 0.15) is 0 Å². The number of piperidine rings is 1. The van der Waals surface area contributed by atoms with Gasteiger partial charge in [-0.2, -0.15) is 0 Å². The van der Waals surface area contributed by atoms with Gasteiger partial charge in [-0.25, -0.2) is 5.48 Å². The number of rotatable bonds is 9. The Bertz CT molecular complexity index is 395. The minimum Gasteiger partial charge on any atom is -0.347 e. The monoisotopic (exact) mass is 327 g/mol. The van der Waals surface area contributed by atoms with E-state index in [0.717, 1.165) is 51.6 Å². The van der Waals surface area contributed by atoms with Crippen molar-refractivity contribution in [2.24, 2.45) is 5.92 Å². The lowest BCUT2D eigenvalue weighted by atomic mass is 9.96. The molecule has 7 nitrogen and oxygen atoms in total. The number of likely N-dealkylation sites (tertiary alicyclic amines) is 1. The highest BCUT2D eigenvalue weighted by Gasteiger charge is 2.23. The third-order valence-corrected chi connectivity index (χ3v) is 4.21. The molecule has 7 heteroatoms. The van der Waals surface area contributed by atoms with Gasteiger partial charge in [-0.15, -0.1) is 0 Å². The Labute approximate surface area is 137 Å². The van der Waals surface area contributed by atoms with Gasteiger partial charge in [0.05, 0.1) is 6.54 Å². The topological polar surface area (TPSA) is 98.7 Å². The molecule has 23 heavy (non-hydrogen) atoms. The Morgan fingerprint density at radius 2 is 1.83 bits per heavy atom. The molecule has 0 spiro atoms. The van der Waals surface area contributed by atoms with Crippen LogP contribution in [0, 0.1) is 5.92 Å². The molecule has 0 saturated carbocycles. The number of carbonyl (C=O) groups is 3. The Balaban J connectivity index is 2.43.